The van der Waals surface area contributed by atoms with Crippen molar-refractivity contribution in [1.29, 1.82) is 0 Å². The van der Waals surface area contributed by atoms with Crippen LogP contribution in [-0.4, -0.2) is 6.61 Å². The van der Waals surface area contributed by atoms with E-state index in [1.54, 1.807) is 18.2 Å². The molecule has 22 heavy (non-hydrogen) atoms. The topological polar surface area (TPSA) is 65.5 Å². The SMILES string of the molecule is CCOc1cccc2oc(-c3ccc(F)c(N)c3)cc(=O)c12. The molecule has 3 aromatic rings. The first kappa shape index (κ1) is 14.1. The number of benzene rings is 2. The maximum absolute atomic E-state index is 13.3. The molecule has 0 spiro atoms. The molecule has 0 atom stereocenters. The van der Waals surface area contributed by atoms with Crippen LogP contribution >= 0.6 is 0 Å². The fourth-order valence-corrected chi connectivity index (χ4v) is 2.29. The third kappa shape index (κ3) is 2.41. The third-order valence-electron chi connectivity index (χ3n) is 3.30. The van der Waals surface area contributed by atoms with Gasteiger partial charge in [0.2, 0.25) is 0 Å². The molecule has 0 radical (unpaired) electrons. The van der Waals surface area contributed by atoms with Crippen LogP contribution in [0.1, 0.15) is 6.92 Å². The van der Waals surface area contributed by atoms with Gasteiger partial charge in [-0.05, 0) is 37.3 Å². The molecule has 0 aliphatic rings. The molecule has 0 aliphatic carbocycles. The van der Waals surface area contributed by atoms with Gasteiger partial charge in [-0.25, -0.2) is 4.39 Å². The van der Waals surface area contributed by atoms with Gasteiger partial charge >= 0.3 is 0 Å². The van der Waals surface area contributed by atoms with Crippen LogP contribution in [0.4, 0.5) is 10.1 Å². The van der Waals surface area contributed by atoms with E-state index in [2.05, 4.69) is 0 Å². The van der Waals surface area contributed by atoms with E-state index in [-0.39, 0.29) is 11.1 Å². The van der Waals surface area contributed by atoms with Gasteiger partial charge in [0, 0.05) is 11.6 Å². The summed E-state index contributed by atoms with van der Waals surface area (Å²) in [5, 5.41) is 0.392. The molecule has 0 saturated carbocycles. The maximum atomic E-state index is 13.3. The number of anilines is 1. The van der Waals surface area contributed by atoms with Crippen molar-refractivity contribution < 1.29 is 13.5 Å². The first-order chi connectivity index (χ1) is 10.6. The van der Waals surface area contributed by atoms with Gasteiger partial charge in [0.05, 0.1) is 12.3 Å². The van der Waals surface area contributed by atoms with Gasteiger partial charge in [-0.1, -0.05) is 6.07 Å². The van der Waals surface area contributed by atoms with Crippen LogP contribution in [0.15, 0.2) is 51.7 Å². The molecule has 0 unspecified atom stereocenters. The van der Waals surface area contributed by atoms with Crippen LogP contribution in [0.25, 0.3) is 22.3 Å². The molecule has 0 bridgehead atoms. The maximum Gasteiger partial charge on any atom is 0.197 e. The monoisotopic (exact) mass is 299 g/mol. The predicted octanol–water partition coefficient (Wildman–Crippen LogP) is 3.58. The van der Waals surface area contributed by atoms with Crippen LogP contribution in [0, 0.1) is 5.82 Å². The van der Waals surface area contributed by atoms with Crippen LogP contribution in [-0.2, 0) is 0 Å². The van der Waals surface area contributed by atoms with E-state index in [0.29, 0.717) is 34.6 Å². The summed E-state index contributed by atoms with van der Waals surface area (Å²) in [4.78, 5) is 12.4. The van der Waals surface area contributed by atoms with Crippen molar-refractivity contribution in [1.82, 2.24) is 0 Å². The molecule has 4 nitrogen and oxygen atoms in total. The Bertz CT molecular complexity index is 902. The summed E-state index contributed by atoms with van der Waals surface area (Å²) in [7, 11) is 0. The van der Waals surface area contributed by atoms with Crippen molar-refractivity contribution in [2.45, 2.75) is 6.92 Å². The van der Waals surface area contributed by atoms with E-state index in [4.69, 9.17) is 14.9 Å². The molecule has 0 amide bonds. The fourth-order valence-electron chi connectivity index (χ4n) is 2.29. The number of nitrogen functional groups attached to an aromatic ring is 1. The van der Waals surface area contributed by atoms with E-state index in [1.165, 1.54) is 24.3 Å². The summed E-state index contributed by atoms with van der Waals surface area (Å²) in [6, 6.07) is 10.7. The zero-order valence-corrected chi connectivity index (χ0v) is 11.9. The summed E-state index contributed by atoms with van der Waals surface area (Å²) in [6.45, 7) is 2.30. The van der Waals surface area contributed by atoms with Gasteiger partial charge in [0.25, 0.3) is 0 Å². The largest absolute Gasteiger partial charge is 0.493 e. The molecular weight excluding hydrogens is 285 g/mol. The quantitative estimate of drug-likeness (QED) is 0.751. The Kier molecular flexibility index (Phi) is 3.55. The zero-order valence-electron chi connectivity index (χ0n) is 11.9. The molecule has 0 aliphatic heterocycles. The van der Waals surface area contributed by atoms with Crippen molar-refractivity contribution in [2.24, 2.45) is 0 Å². The number of hydrogen-bond donors (Lipinski definition) is 1. The van der Waals surface area contributed by atoms with Gasteiger partial charge in [-0.15, -0.1) is 0 Å². The third-order valence-corrected chi connectivity index (χ3v) is 3.30. The Morgan fingerprint density at radius 2 is 2.05 bits per heavy atom. The van der Waals surface area contributed by atoms with Crippen LogP contribution in [0.3, 0.4) is 0 Å². The van der Waals surface area contributed by atoms with Crippen LogP contribution < -0.4 is 15.9 Å². The number of ether oxygens (including phenoxy) is 1. The van der Waals surface area contributed by atoms with Gasteiger partial charge in [-0.2, -0.15) is 0 Å². The highest BCUT2D eigenvalue weighted by Gasteiger charge is 2.12. The van der Waals surface area contributed by atoms with Crippen LogP contribution in [0.5, 0.6) is 5.75 Å². The van der Waals surface area contributed by atoms with Gasteiger partial charge < -0.3 is 14.9 Å². The lowest BCUT2D eigenvalue weighted by Crippen LogP contribution is -2.04. The number of halogens is 1. The average molecular weight is 299 g/mol. The average Bonchev–Trinajstić information content (AvgIpc) is 2.50. The summed E-state index contributed by atoms with van der Waals surface area (Å²) in [5.74, 6) is 0.308. The minimum Gasteiger partial charge on any atom is -0.493 e. The number of hydrogen-bond acceptors (Lipinski definition) is 4. The number of rotatable bonds is 3. The molecule has 112 valence electrons. The Balaban J connectivity index is 2.21. The van der Waals surface area contributed by atoms with Crippen molar-refractivity contribution >= 4 is 16.7 Å². The molecule has 0 fully saturated rings. The number of nitrogens with two attached hydrogens (primary N) is 1. The van der Waals surface area contributed by atoms with E-state index in [0.717, 1.165) is 0 Å². The summed E-state index contributed by atoms with van der Waals surface area (Å²) in [5.41, 5.74) is 6.30. The summed E-state index contributed by atoms with van der Waals surface area (Å²) < 4.78 is 24.5. The minimum absolute atomic E-state index is 0.00307. The van der Waals surface area contributed by atoms with Crippen molar-refractivity contribution in [2.75, 3.05) is 12.3 Å². The van der Waals surface area contributed by atoms with Crippen LogP contribution in [0.2, 0.25) is 0 Å². The Labute approximate surface area is 125 Å². The first-order valence-electron chi connectivity index (χ1n) is 6.85. The highest BCUT2D eigenvalue weighted by molar-refractivity contribution is 5.85. The molecule has 1 heterocycles. The van der Waals surface area contributed by atoms with E-state index in [9.17, 15) is 9.18 Å². The summed E-state index contributed by atoms with van der Waals surface area (Å²) >= 11 is 0. The highest BCUT2D eigenvalue weighted by Crippen LogP contribution is 2.28. The molecule has 2 N–H and O–H groups in total. The summed E-state index contributed by atoms with van der Waals surface area (Å²) in [6.07, 6.45) is 0. The number of fused-ring (bicyclic) bond motifs is 1. The standard InChI is InChI=1S/C17H14FNO3/c1-2-21-14-4-3-5-15-17(14)13(20)9-16(22-15)10-6-7-11(18)12(19)8-10/h3-9H,2,19H2,1H3. The van der Waals surface area contributed by atoms with E-state index in [1.807, 2.05) is 6.92 Å². The Morgan fingerprint density at radius 1 is 1.23 bits per heavy atom. The molecule has 5 heteroatoms. The zero-order chi connectivity index (χ0) is 15.7. The van der Waals surface area contributed by atoms with Crippen molar-refractivity contribution in [3.05, 3.63) is 58.5 Å². The molecule has 2 aromatic carbocycles. The van der Waals surface area contributed by atoms with Gasteiger partial charge in [0.15, 0.2) is 5.43 Å². The lowest BCUT2D eigenvalue weighted by Gasteiger charge is -2.08. The smallest absolute Gasteiger partial charge is 0.197 e. The van der Waals surface area contributed by atoms with E-state index < -0.39 is 5.82 Å². The predicted molar refractivity (Wildman–Crippen MR) is 83.5 cm³/mol. The lowest BCUT2D eigenvalue weighted by molar-refractivity contribution is 0.344. The molecule has 1 aromatic heterocycles. The second-order valence-corrected chi connectivity index (χ2v) is 4.77. The highest BCUT2D eigenvalue weighted by atomic mass is 19.1. The second-order valence-electron chi connectivity index (χ2n) is 4.77. The van der Waals surface area contributed by atoms with E-state index >= 15 is 0 Å². The molecule has 3 rings (SSSR count). The normalized spacial score (nSPS) is 10.8. The lowest BCUT2D eigenvalue weighted by atomic mass is 10.1. The molecular formula is C17H14FNO3. The second kappa shape index (κ2) is 5.52. The van der Waals surface area contributed by atoms with Crippen molar-refractivity contribution in [3.8, 4) is 17.1 Å². The Morgan fingerprint density at radius 3 is 2.77 bits per heavy atom. The minimum atomic E-state index is -0.509. The first-order valence-corrected chi connectivity index (χ1v) is 6.85. The molecule has 0 saturated heterocycles. The van der Waals surface area contributed by atoms with Gasteiger partial charge in [-0.3, -0.25) is 4.79 Å². The Hall–Kier alpha value is -2.82. The van der Waals surface area contributed by atoms with Crippen molar-refractivity contribution in [3.63, 3.8) is 0 Å². The fraction of sp³-hybridized carbons (Fsp3) is 0.118. The van der Waals surface area contributed by atoms with Gasteiger partial charge in [0.1, 0.15) is 28.3 Å².